The van der Waals surface area contributed by atoms with E-state index in [2.05, 4.69) is 0 Å². The molecule has 24 heavy (non-hydrogen) atoms. The molecule has 2 aliphatic heterocycles. The van der Waals surface area contributed by atoms with Crippen molar-refractivity contribution < 1.29 is 23.1 Å². The maximum atomic E-state index is 12.8. The van der Waals surface area contributed by atoms with Gasteiger partial charge in [-0.05, 0) is 25.2 Å². The number of sulfonamides is 1. The summed E-state index contributed by atoms with van der Waals surface area (Å²) in [7, 11) is -3.54. The predicted molar refractivity (Wildman–Crippen MR) is 87.7 cm³/mol. The number of carboxylic acids is 1. The minimum atomic E-state index is -3.54. The van der Waals surface area contributed by atoms with Gasteiger partial charge in [-0.3, -0.25) is 9.59 Å². The van der Waals surface area contributed by atoms with E-state index in [1.165, 1.54) is 4.31 Å². The fraction of sp³-hybridized carbons (Fsp3) is 0.875. The number of likely N-dealkylation sites (tertiary alicyclic amines) is 1. The molecule has 2 unspecified atom stereocenters. The Morgan fingerprint density at radius 2 is 1.62 bits per heavy atom. The molecule has 0 radical (unpaired) electrons. The van der Waals surface area contributed by atoms with Crippen LogP contribution in [-0.2, 0) is 19.6 Å². The Morgan fingerprint density at radius 3 is 2.21 bits per heavy atom. The normalized spacial score (nSPS) is 30.3. The number of amides is 1. The van der Waals surface area contributed by atoms with Gasteiger partial charge in [-0.1, -0.05) is 19.8 Å². The summed E-state index contributed by atoms with van der Waals surface area (Å²) in [5.41, 5.74) is 0. The lowest BCUT2D eigenvalue weighted by atomic mass is 9.92. The van der Waals surface area contributed by atoms with Crippen molar-refractivity contribution in [3.05, 3.63) is 0 Å². The van der Waals surface area contributed by atoms with Gasteiger partial charge in [0, 0.05) is 32.1 Å². The van der Waals surface area contributed by atoms with Gasteiger partial charge in [-0.15, -0.1) is 0 Å². The zero-order chi connectivity index (χ0) is 17.5. The van der Waals surface area contributed by atoms with Crippen LogP contribution < -0.4 is 0 Å². The van der Waals surface area contributed by atoms with E-state index >= 15 is 0 Å². The summed E-state index contributed by atoms with van der Waals surface area (Å²) in [6.45, 7) is 2.81. The second-order valence-corrected chi connectivity index (χ2v) is 9.80. The number of nitrogens with zero attached hydrogens (tertiary/aromatic N) is 2. The largest absolute Gasteiger partial charge is 0.481 e. The van der Waals surface area contributed by atoms with Crippen LogP contribution in [0.3, 0.4) is 0 Å². The Balaban J connectivity index is 1.60. The molecule has 1 amide bonds. The third-order valence-electron chi connectivity index (χ3n) is 5.62. The lowest BCUT2D eigenvalue weighted by Gasteiger charge is -2.43. The summed E-state index contributed by atoms with van der Waals surface area (Å²) in [6.07, 6.45) is 4.49. The lowest BCUT2D eigenvalue weighted by Crippen LogP contribution is -2.62. The predicted octanol–water partition coefficient (Wildman–Crippen LogP) is 0.760. The van der Waals surface area contributed by atoms with Gasteiger partial charge >= 0.3 is 5.97 Å². The van der Waals surface area contributed by atoms with Crippen molar-refractivity contribution in [2.75, 3.05) is 26.2 Å². The van der Waals surface area contributed by atoms with Gasteiger partial charge in [0.2, 0.25) is 15.9 Å². The SMILES string of the molecule is CC1CC(C(=O)O)CN(S(=O)(=O)C2CN(C(=O)C3CCCC3)C2)C1. The summed E-state index contributed by atoms with van der Waals surface area (Å²) in [6, 6.07) is 0. The van der Waals surface area contributed by atoms with Crippen LogP contribution in [-0.4, -0.2) is 66.0 Å². The maximum absolute atomic E-state index is 12.8. The number of carbonyl (C=O) groups excluding carboxylic acids is 1. The molecular formula is C16H26N2O5S. The summed E-state index contributed by atoms with van der Waals surface area (Å²) < 4.78 is 26.9. The number of hydrogen-bond donors (Lipinski definition) is 1. The van der Waals surface area contributed by atoms with Crippen LogP contribution >= 0.6 is 0 Å². The first-order valence-corrected chi connectivity index (χ1v) is 10.3. The van der Waals surface area contributed by atoms with Gasteiger partial charge in [0.15, 0.2) is 0 Å². The van der Waals surface area contributed by atoms with Crippen molar-refractivity contribution in [1.82, 2.24) is 9.21 Å². The highest BCUT2D eigenvalue weighted by Gasteiger charge is 2.46. The van der Waals surface area contributed by atoms with Gasteiger partial charge in [0.1, 0.15) is 5.25 Å². The first-order chi connectivity index (χ1) is 11.3. The smallest absolute Gasteiger partial charge is 0.307 e. The van der Waals surface area contributed by atoms with Crippen LogP contribution in [0.5, 0.6) is 0 Å². The van der Waals surface area contributed by atoms with Gasteiger partial charge in [0.05, 0.1) is 5.92 Å². The molecule has 1 aliphatic carbocycles. The fourth-order valence-corrected chi connectivity index (χ4v) is 6.15. The van der Waals surface area contributed by atoms with E-state index in [1.807, 2.05) is 6.92 Å². The molecule has 1 N–H and O–H groups in total. The molecule has 0 bridgehead atoms. The topological polar surface area (TPSA) is 95.0 Å². The molecule has 136 valence electrons. The van der Waals surface area contributed by atoms with E-state index < -0.39 is 27.2 Å². The molecule has 0 aromatic rings. The van der Waals surface area contributed by atoms with Crippen molar-refractivity contribution in [2.45, 2.75) is 44.3 Å². The second-order valence-electron chi connectivity index (χ2n) is 7.58. The van der Waals surface area contributed by atoms with Crippen LogP contribution in [0.25, 0.3) is 0 Å². The average Bonchev–Trinajstić information content (AvgIpc) is 2.98. The fourth-order valence-electron chi connectivity index (χ4n) is 4.14. The third kappa shape index (κ3) is 3.31. The van der Waals surface area contributed by atoms with Crippen molar-refractivity contribution in [3.63, 3.8) is 0 Å². The highest BCUT2D eigenvalue weighted by atomic mass is 32.2. The minimum Gasteiger partial charge on any atom is -0.481 e. The Labute approximate surface area is 143 Å². The summed E-state index contributed by atoms with van der Waals surface area (Å²) in [4.78, 5) is 25.2. The molecule has 3 fully saturated rings. The van der Waals surface area contributed by atoms with E-state index in [4.69, 9.17) is 0 Å². The monoisotopic (exact) mass is 358 g/mol. The van der Waals surface area contributed by atoms with Gasteiger partial charge in [-0.25, -0.2) is 12.7 Å². The van der Waals surface area contributed by atoms with Crippen LogP contribution in [0.2, 0.25) is 0 Å². The van der Waals surface area contributed by atoms with Crippen molar-refractivity contribution in [3.8, 4) is 0 Å². The van der Waals surface area contributed by atoms with E-state index in [-0.39, 0.29) is 37.4 Å². The number of rotatable bonds is 4. The minimum absolute atomic E-state index is 0.0333. The zero-order valence-electron chi connectivity index (χ0n) is 14.1. The Kier molecular flexibility index (Phi) is 4.88. The molecule has 3 rings (SSSR count). The third-order valence-corrected chi connectivity index (χ3v) is 7.78. The molecule has 8 heteroatoms. The van der Waals surface area contributed by atoms with Gasteiger partial charge in [0.25, 0.3) is 0 Å². The molecule has 2 heterocycles. The standard InChI is InChI=1S/C16H26N2O5S/c1-11-6-13(16(20)21)8-18(7-11)24(22,23)14-9-17(10-14)15(19)12-4-2-3-5-12/h11-14H,2-10H2,1H3,(H,20,21). The molecule has 0 aromatic heterocycles. The van der Waals surface area contributed by atoms with E-state index in [1.54, 1.807) is 4.90 Å². The van der Waals surface area contributed by atoms with Crippen LogP contribution in [0.1, 0.15) is 39.0 Å². The van der Waals surface area contributed by atoms with Crippen molar-refractivity contribution in [1.29, 1.82) is 0 Å². The molecular weight excluding hydrogens is 332 g/mol. The molecule has 2 saturated heterocycles. The summed E-state index contributed by atoms with van der Waals surface area (Å²) in [5, 5.41) is 8.63. The first-order valence-electron chi connectivity index (χ1n) is 8.79. The first kappa shape index (κ1) is 17.7. The maximum Gasteiger partial charge on any atom is 0.307 e. The Morgan fingerprint density at radius 1 is 1.00 bits per heavy atom. The van der Waals surface area contributed by atoms with Crippen LogP contribution in [0.4, 0.5) is 0 Å². The molecule has 2 atom stereocenters. The van der Waals surface area contributed by atoms with E-state index in [0.29, 0.717) is 13.0 Å². The molecule has 0 aromatic carbocycles. The van der Waals surface area contributed by atoms with E-state index in [0.717, 1.165) is 25.7 Å². The number of carbonyl (C=O) groups is 2. The number of hydrogen-bond acceptors (Lipinski definition) is 4. The average molecular weight is 358 g/mol. The Hall–Kier alpha value is -1.15. The van der Waals surface area contributed by atoms with E-state index in [9.17, 15) is 23.1 Å². The lowest BCUT2D eigenvalue weighted by molar-refractivity contribution is -0.143. The van der Waals surface area contributed by atoms with Crippen molar-refractivity contribution >= 4 is 21.9 Å². The molecule has 1 saturated carbocycles. The molecule has 0 spiro atoms. The number of carboxylic acid groups (broad SMARTS) is 1. The van der Waals surface area contributed by atoms with Gasteiger partial charge in [-0.2, -0.15) is 0 Å². The quantitative estimate of drug-likeness (QED) is 0.800. The van der Waals surface area contributed by atoms with Gasteiger partial charge < -0.3 is 10.0 Å². The zero-order valence-corrected chi connectivity index (χ0v) is 14.9. The number of piperidine rings is 1. The van der Waals surface area contributed by atoms with Crippen LogP contribution in [0.15, 0.2) is 0 Å². The number of aliphatic carboxylic acids is 1. The van der Waals surface area contributed by atoms with Crippen LogP contribution in [0, 0.1) is 17.8 Å². The highest BCUT2D eigenvalue weighted by Crippen LogP contribution is 2.31. The molecule has 3 aliphatic rings. The van der Waals surface area contributed by atoms with Crippen molar-refractivity contribution in [2.24, 2.45) is 17.8 Å². The highest BCUT2D eigenvalue weighted by molar-refractivity contribution is 7.89. The Bertz CT molecular complexity index is 608. The summed E-state index contributed by atoms with van der Waals surface area (Å²) >= 11 is 0. The molecule has 7 nitrogen and oxygen atoms in total. The second kappa shape index (κ2) is 6.63. The summed E-state index contributed by atoms with van der Waals surface area (Å²) in [5.74, 6) is -1.38.